The number of rotatable bonds is 3. The van der Waals surface area contributed by atoms with E-state index in [1.54, 1.807) is 0 Å². The lowest BCUT2D eigenvalue weighted by atomic mass is 9.95. The zero-order valence-electron chi connectivity index (χ0n) is 9.93. The van der Waals surface area contributed by atoms with Gasteiger partial charge < -0.3 is 10.3 Å². The summed E-state index contributed by atoms with van der Waals surface area (Å²) in [4.78, 5) is 3.37. The molecule has 0 radical (unpaired) electrons. The maximum Gasteiger partial charge on any atom is 0.0456 e. The van der Waals surface area contributed by atoms with Gasteiger partial charge >= 0.3 is 0 Å². The number of nitrogens with one attached hydrogen (secondary N) is 2. The van der Waals surface area contributed by atoms with E-state index in [9.17, 15) is 0 Å². The Morgan fingerprint density at radius 1 is 1.31 bits per heavy atom. The standard InChI is InChI=1S/C14H18N2/c1-10-7-11-8-12(3-4-13(11)16-10)14(5-6-14)9-15-2/h3-4,7-8,15-16H,5-6,9H2,1-2H3. The van der Waals surface area contributed by atoms with Crippen molar-refractivity contribution >= 4 is 10.9 Å². The van der Waals surface area contributed by atoms with E-state index in [1.165, 1.54) is 35.0 Å². The number of hydrogen-bond donors (Lipinski definition) is 2. The Hall–Kier alpha value is -1.28. The Bertz CT molecular complexity index is 521. The number of aryl methyl sites for hydroxylation is 1. The van der Waals surface area contributed by atoms with Gasteiger partial charge in [-0.1, -0.05) is 6.07 Å². The van der Waals surface area contributed by atoms with Crippen molar-refractivity contribution in [1.82, 2.24) is 10.3 Å². The summed E-state index contributed by atoms with van der Waals surface area (Å²) < 4.78 is 0. The van der Waals surface area contributed by atoms with Crippen LogP contribution in [0.15, 0.2) is 24.3 Å². The minimum Gasteiger partial charge on any atom is -0.359 e. The molecule has 0 spiro atoms. The summed E-state index contributed by atoms with van der Waals surface area (Å²) in [5.41, 5.74) is 4.41. The summed E-state index contributed by atoms with van der Waals surface area (Å²) in [5, 5.41) is 4.66. The van der Waals surface area contributed by atoms with Crippen molar-refractivity contribution in [2.75, 3.05) is 13.6 Å². The molecular weight excluding hydrogens is 196 g/mol. The Morgan fingerprint density at radius 2 is 2.12 bits per heavy atom. The number of benzene rings is 1. The van der Waals surface area contributed by atoms with Crippen molar-refractivity contribution in [3.8, 4) is 0 Å². The first kappa shape index (κ1) is 9.91. The highest BCUT2D eigenvalue weighted by molar-refractivity contribution is 5.81. The molecule has 0 atom stereocenters. The topological polar surface area (TPSA) is 27.8 Å². The molecule has 2 aromatic rings. The maximum atomic E-state index is 3.37. The maximum absolute atomic E-state index is 3.37. The molecule has 3 rings (SSSR count). The number of fused-ring (bicyclic) bond motifs is 1. The minimum atomic E-state index is 0.425. The van der Waals surface area contributed by atoms with Crippen LogP contribution in [-0.4, -0.2) is 18.6 Å². The summed E-state index contributed by atoms with van der Waals surface area (Å²) >= 11 is 0. The summed E-state index contributed by atoms with van der Waals surface area (Å²) in [6, 6.07) is 9.08. The zero-order chi connectivity index (χ0) is 11.2. The minimum absolute atomic E-state index is 0.425. The van der Waals surface area contributed by atoms with Crippen LogP contribution in [0.25, 0.3) is 10.9 Å². The molecule has 0 bridgehead atoms. The molecule has 0 unspecified atom stereocenters. The molecule has 1 aromatic heterocycles. The highest BCUT2D eigenvalue weighted by Crippen LogP contribution is 2.48. The number of H-pyrrole nitrogens is 1. The third-order valence-corrected chi connectivity index (χ3v) is 3.74. The fourth-order valence-corrected chi connectivity index (χ4v) is 2.66. The molecule has 2 N–H and O–H groups in total. The quantitative estimate of drug-likeness (QED) is 0.808. The Balaban J connectivity index is 2.04. The van der Waals surface area contributed by atoms with Crippen LogP contribution < -0.4 is 5.32 Å². The van der Waals surface area contributed by atoms with E-state index in [-0.39, 0.29) is 0 Å². The van der Waals surface area contributed by atoms with Gasteiger partial charge in [0.15, 0.2) is 0 Å². The zero-order valence-corrected chi connectivity index (χ0v) is 9.93. The van der Waals surface area contributed by atoms with Gasteiger partial charge in [0, 0.05) is 23.2 Å². The number of hydrogen-bond acceptors (Lipinski definition) is 1. The molecule has 1 heterocycles. The molecule has 0 saturated heterocycles. The molecule has 1 aromatic carbocycles. The van der Waals surface area contributed by atoms with E-state index in [2.05, 4.69) is 41.5 Å². The molecule has 0 amide bonds. The van der Waals surface area contributed by atoms with Crippen molar-refractivity contribution < 1.29 is 0 Å². The van der Waals surface area contributed by atoms with Crippen LogP contribution in [0.1, 0.15) is 24.1 Å². The van der Waals surface area contributed by atoms with Crippen LogP contribution in [0.2, 0.25) is 0 Å². The normalized spacial score (nSPS) is 17.9. The summed E-state index contributed by atoms with van der Waals surface area (Å²) in [5.74, 6) is 0. The summed E-state index contributed by atoms with van der Waals surface area (Å²) in [7, 11) is 2.04. The predicted molar refractivity (Wildman–Crippen MR) is 67.9 cm³/mol. The molecule has 0 aliphatic heterocycles. The summed E-state index contributed by atoms with van der Waals surface area (Å²) in [6.07, 6.45) is 2.64. The lowest BCUT2D eigenvalue weighted by Crippen LogP contribution is -2.23. The monoisotopic (exact) mass is 214 g/mol. The van der Waals surface area contributed by atoms with Crippen molar-refractivity contribution in [2.45, 2.75) is 25.2 Å². The van der Waals surface area contributed by atoms with Gasteiger partial charge in [-0.05, 0) is 56.0 Å². The second kappa shape index (κ2) is 3.36. The van der Waals surface area contributed by atoms with Gasteiger partial charge in [-0.25, -0.2) is 0 Å². The first-order valence-electron chi connectivity index (χ1n) is 5.98. The Morgan fingerprint density at radius 3 is 2.81 bits per heavy atom. The SMILES string of the molecule is CNCC1(c2ccc3[nH]c(C)cc3c2)CC1. The Kier molecular flexibility index (Phi) is 2.08. The average molecular weight is 214 g/mol. The second-order valence-corrected chi connectivity index (χ2v) is 5.07. The molecule has 84 valence electrons. The lowest BCUT2D eigenvalue weighted by Gasteiger charge is -2.14. The van der Waals surface area contributed by atoms with Gasteiger partial charge in [0.2, 0.25) is 0 Å². The number of aromatic amines is 1. The van der Waals surface area contributed by atoms with Gasteiger partial charge in [0.05, 0.1) is 0 Å². The number of aromatic nitrogens is 1. The van der Waals surface area contributed by atoms with Gasteiger partial charge in [-0.3, -0.25) is 0 Å². The molecule has 1 fully saturated rings. The first-order chi connectivity index (χ1) is 7.73. The molecule has 1 saturated carbocycles. The molecule has 1 aliphatic rings. The third kappa shape index (κ3) is 1.45. The van der Waals surface area contributed by atoms with Crippen molar-refractivity contribution in [2.24, 2.45) is 0 Å². The molecular formula is C14H18N2. The average Bonchev–Trinajstić information content (AvgIpc) is 2.93. The van der Waals surface area contributed by atoms with E-state index < -0.39 is 0 Å². The van der Waals surface area contributed by atoms with Crippen LogP contribution in [-0.2, 0) is 5.41 Å². The Labute approximate surface area is 96.1 Å². The predicted octanol–water partition coefficient (Wildman–Crippen LogP) is 2.73. The van der Waals surface area contributed by atoms with Crippen molar-refractivity contribution in [3.63, 3.8) is 0 Å². The highest BCUT2D eigenvalue weighted by Gasteiger charge is 2.43. The third-order valence-electron chi connectivity index (χ3n) is 3.74. The largest absolute Gasteiger partial charge is 0.359 e. The fourth-order valence-electron chi connectivity index (χ4n) is 2.66. The van der Waals surface area contributed by atoms with Crippen LogP contribution in [0, 0.1) is 6.92 Å². The number of likely N-dealkylation sites (N-methyl/N-ethyl adjacent to an activating group) is 1. The lowest BCUT2D eigenvalue weighted by molar-refractivity contribution is 0.625. The first-order valence-corrected chi connectivity index (χ1v) is 5.98. The van der Waals surface area contributed by atoms with Crippen LogP contribution in [0.5, 0.6) is 0 Å². The fraction of sp³-hybridized carbons (Fsp3) is 0.429. The van der Waals surface area contributed by atoms with Gasteiger partial charge in [0.1, 0.15) is 0 Å². The molecule has 2 nitrogen and oxygen atoms in total. The summed E-state index contributed by atoms with van der Waals surface area (Å²) in [6.45, 7) is 3.21. The van der Waals surface area contributed by atoms with Gasteiger partial charge in [0.25, 0.3) is 0 Å². The van der Waals surface area contributed by atoms with Gasteiger partial charge in [-0.2, -0.15) is 0 Å². The van der Waals surface area contributed by atoms with E-state index in [0.29, 0.717) is 5.41 Å². The van der Waals surface area contributed by atoms with E-state index in [0.717, 1.165) is 6.54 Å². The van der Waals surface area contributed by atoms with Crippen molar-refractivity contribution in [3.05, 3.63) is 35.5 Å². The van der Waals surface area contributed by atoms with E-state index >= 15 is 0 Å². The smallest absolute Gasteiger partial charge is 0.0456 e. The molecule has 1 aliphatic carbocycles. The molecule has 2 heteroatoms. The van der Waals surface area contributed by atoms with Crippen molar-refractivity contribution in [1.29, 1.82) is 0 Å². The second-order valence-electron chi connectivity index (χ2n) is 5.07. The highest BCUT2D eigenvalue weighted by atomic mass is 14.8. The van der Waals surface area contributed by atoms with Crippen LogP contribution in [0.3, 0.4) is 0 Å². The van der Waals surface area contributed by atoms with Crippen LogP contribution >= 0.6 is 0 Å². The van der Waals surface area contributed by atoms with Crippen LogP contribution in [0.4, 0.5) is 0 Å². The van der Waals surface area contributed by atoms with Gasteiger partial charge in [-0.15, -0.1) is 0 Å². The van der Waals surface area contributed by atoms with E-state index in [1.807, 2.05) is 7.05 Å². The van der Waals surface area contributed by atoms with E-state index in [4.69, 9.17) is 0 Å². The molecule has 16 heavy (non-hydrogen) atoms.